The third kappa shape index (κ3) is 6.16. The van der Waals surface area contributed by atoms with Gasteiger partial charge in [-0.25, -0.2) is 0 Å². The summed E-state index contributed by atoms with van der Waals surface area (Å²) in [6.07, 6.45) is -0.363. The summed E-state index contributed by atoms with van der Waals surface area (Å²) in [5.74, 6) is -2.48. The normalized spacial score (nSPS) is 11.2. The Balaban J connectivity index is 2.80. The van der Waals surface area contributed by atoms with Crippen LogP contribution in [0.5, 0.6) is 5.75 Å². The number of nitrogens with one attached hydrogen (secondary N) is 1. The number of esters is 2. The molecule has 1 aromatic rings. The number of benzene rings is 1. The van der Waals surface area contributed by atoms with Gasteiger partial charge in [0.1, 0.15) is 11.8 Å². The van der Waals surface area contributed by atoms with E-state index >= 15 is 0 Å². The zero-order valence-corrected chi connectivity index (χ0v) is 12.8. The number of carbonyl (C=O) groups is 4. The summed E-state index contributed by atoms with van der Waals surface area (Å²) in [6, 6.07) is 4.61. The summed E-state index contributed by atoms with van der Waals surface area (Å²) >= 11 is 0. The molecule has 0 fully saturated rings. The van der Waals surface area contributed by atoms with E-state index in [-0.39, 0.29) is 24.3 Å². The van der Waals surface area contributed by atoms with Gasteiger partial charge in [0.2, 0.25) is 5.91 Å². The number of rotatable bonds is 7. The van der Waals surface area contributed by atoms with Crippen molar-refractivity contribution in [2.24, 2.45) is 5.73 Å². The molecule has 124 valence electrons. The second-order valence-electron chi connectivity index (χ2n) is 4.56. The van der Waals surface area contributed by atoms with Crippen molar-refractivity contribution < 1.29 is 28.7 Å². The second-order valence-corrected chi connectivity index (χ2v) is 4.56. The van der Waals surface area contributed by atoms with E-state index in [9.17, 15) is 19.2 Å². The molecule has 0 saturated carbocycles. The number of ether oxygens (including phenoxy) is 2. The Morgan fingerprint density at radius 1 is 1.26 bits per heavy atom. The molecule has 3 N–H and O–H groups in total. The molecular weight excluding hydrogens is 304 g/mol. The summed E-state index contributed by atoms with van der Waals surface area (Å²) in [6.45, 7) is 3.01. The number of nitrogens with two attached hydrogens (primary N) is 1. The molecule has 0 bridgehead atoms. The molecule has 0 aliphatic heterocycles. The number of amides is 2. The van der Waals surface area contributed by atoms with Gasteiger partial charge >= 0.3 is 11.9 Å². The monoisotopic (exact) mass is 322 g/mol. The lowest BCUT2D eigenvalue weighted by atomic mass is 10.1. The van der Waals surface area contributed by atoms with Gasteiger partial charge in [0.15, 0.2) is 0 Å². The predicted octanol–water partition coefficient (Wildman–Crippen LogP) is 0.149. The van der Waals surface area contributed by atoms with Gasteiger partial charge in [0.25, 0.3) is 5.91 Å². The highest BCUT2D eigenvalue weighted by atomic mass is 16.5. The van der Waals surface area contributed by atoms with E-state index in [0.717, 1.165) is 0 Å². The van der Waals surface area contributed by atoms with E-state index in [2.05, 4.69) is 5.32 Å². The van der Waals surface area contributed by atoms with Gasteiger partial charge in [-0.15, -0.1) is 0 Å². The van der Waals surface area contributed by atoms with Crippen LogP contribution in [-0.4, -0.2) is 36.4 Å². The van der Waals surface area contributed by atoms with Gasteiger partial charge in [0, 0.05) is 12.5 Å². The van der Waals surface area contributed by atoms with Crippen molar-refractivity contribution in [3.8, 4) is 5.75 Å². The van der Waals surface area contributed by atoms with Crippen molar-refractivity contribution in [3.05, 3.63) is 29.8 Å². The van der Waals surface area contributed by atoms with Crippen LogP contribution in [0, 0.1) is 0 Å². The van der Waals surface area contributed by atoms with Crippen molar-refractivity contribution in [2.45, 2.75) is 26.3 Å². The van der Waals surface area contributed by atoms with Crippen LogP contribution in [0.2, 0.25) is 0 Å². The number of primary amides is 1. The molecule has 1 rings (SSSR count). The number of carbonyl (C=O) groups excluding carboxylic acids is 4. The predicted molar refractivity (Wildman–Crippen MR) is 79.4 cm³/mol. The minimum Gasteiger partial charge on any atom is -0.466 e. The van der Waals surface area contributed by atoms with Crippen LogP contribution in [0.25, 0.3) is 0 Å². The van der Waals surface area contributed by atoms with Crippen LogP contribution in [0.3, 0.4) is 0 Å². The topological polar surface area (TPSA) is 125 Å². The molecule has 0 aliphatic carbocycles. The van der Waals surface area contributed by atoms with Gasteiger partial charge in [-0.1, -0.05) is 6.07 Å². The fourth-order valence-electron chi connectivity index (χ4n) is 1.72. The highest BCUT2D eigenvalue weighted by Crippen LogP contribution is 2.13. The Labute approximate surface area is 132 Å². The molecule has 1 atom stereocenters. The maximum atomic E-state index is 12.1. The molecule has 0 saturated heterocycles. The first-order valence-electron chi connectivity index (χ1n) is 6.87. The fourth-order valence-corrected chi connectivity index (χ4v) is 1.72. The first-order chi connectivity index (χ1) is 10.8. The van der Waals surface area contributed by atoms with Crippen LogP contribution < -0.4 is 15.8 Å². The van der Waals surface area contributed by atoms with Gasteiger partial charge in [-0.2, -0.15) is 0 Å². The van der Waals surface area contributed by atoms with Crippen LogP contribution >= 0.6 is 0 Å². The van der Waals surface area contributed by atoms with E-state index in [1.54, 1.807) is 6.92 Å². The van der Waals surface area contributed by atoms with Crippen LogP contribution in [0.15, 0.2) is 24.3 Å². The molecule has 1 aromatic carbocycles. The van der Waals surface area contributed by atoms with Crippen LogP contribution in [0.1, 0.15) is 30.6 Å². The zero-order valence-electron chi connectivity index (χ0n) is 12.8. The maximum Gasteiger partial charge on any atom is 0.308 e. The maximum absolute atomic E-state index is 12.1. The van der Waals surface area contributed by atoms with Crippen LogP contribution in [-0.2, 0) is 19.1 Å². The average molecular weight is 322 g/mol. The lowest BCUT2D eigenvalue weighted by Gasteiger charge is -2.15. The first kappa shape index (κ1) is 18.1. The Morgan fingerprint density at radius 3 is 2.52 bits per heavy atom. The van der Waals surface area contributed by atoms with Gasteiger partial charge in [0.05, 0.1) is 13.0 Å². The molecule has 0 aromatic heterocycles. The molecule has 0 unspecified atom stereocenters. The Hall–Kier alpha value is -2.90. The summed E-state index contributed by atoms with van der Waals surface area (Å²) in [4.78, 5) is 45.8. The van der Waals surface area contributed by atoms with Gasteiger partial charge in [-0.05, 0) is 25.1 Å². The van der Waals surface area contributed by atoms with E-state index in [4.69, 9.17) is 15.2 Å². The summed E-state index contributed by atoms with van der Waals surface area (Å²) in [5.41, 5.74) is 5.32. The fraction of sp³-hybridized carbons (Fsp3) is 0.333. The summed E-state index contributed by atoms with van der Waals surface area (Å²) in [5, 5.41) is 2.35. The zero-order chi connectivity index (χ0) is 17.4. The molecule has 0 spiro atoms. The second kappa shape index (κ2) is 8.52. The Morgan fingerprint density at radius 2 is 1.96 bits per heavy atom. The SMILES string of the molecule is CCOC(=O)C[C@H](NC(=O)c1cccc(OC(C)=O)c1)C(N)=O. The van der Waals surface area contributed by atoms with Gasteiger partial charge < -0.3 is 20.5 Å². The van der Waals surface area contributed by atoms with Crippen molar-refractivity contribution in [3.63, 3.8) is 0 Å². The molecule has 8 heteroatoms. The van der Waals surface area contributed by atoms with E-state index in [1.807, 2.05) is 0 Å². The summed E-state index contributed by atoms with van der Waals surface area (Å²) < 4.78 is 9.59. The molecular formula is C15H18N2O6. The molecule has 23 heavy (non-hydrogen) atoms. The Bertz CT molecular complexity index is 614. The number of hydrogen-bond acceptors (Lipinski definition) is 6. The smallest absolute Gasteiger partial charge is 0.308 e. The highest BCUT2D eigenvalue weighted by Gasteiger charge is 2.23. The van der Waals surface area contributed by atoms with E-state index < -0.39 is 29.8 Å². The third-order valence-electron chi connectivity index (χ3n) is 2.68. The molecule has 0 radical (unpaired) electrons. The van der Waals surface area contributed by atoms with E-state index in [1.165, 1.54) is 31.2 Å². The Kier molecular flexibility index (Phi) is 6.72. The summed E-state index contributed by atoms with van der Waals surface area (Å²) in [7, 11) is 0. The molecule has 0 aliphatic rings. The first-order valence-corrected chi connectivity index (χ1v) is 6.87. The highest BCUT2D eigenvalue weighted by molar-refractivity contribution is 5.98. The molecule has 2 amide bonds. The lowest BCUT2D eigenvalue weighted by Crippen LogP contribution is -2.45. The largest absolute Gasteiger partial charge is 0.466 e. The average Bonchev–Trinajstić information content (AvgIpc) is 2.46. The van der Waals surface area contributed by atoms with Crippen molar-refractivity contribution >= 4 is 23.8 Å². The third-order valence-corrected chi connectivity index (χ3v) is 2.68. The van der Waals surface area contributed by atoms with Crippen LogP contribution in [0.4, 0.5) is 0 Å². The van der Waals surface area contributed by atoms with Gasteiger partial charge in [-0.3, -0.25) is 19.2 Å². The minimum absolute atomic E-state index is 0.152. The molecule has 0 heterocycles. The standard InChI is InChI=1S/C15H18N2O6/c1-3-22-13(19)8-12(14(16)20)17-15(21)10-5-4-6-11(7-10)23-9(2)18/h4-7,12H,3,8H2,1-2H3,(H2,16,20)(H,17,21)/t12-/m0/s1. The van der Waals surface area contributed by atoms with Crippen molar-refractivity contribution in [1.29, 1.82) is 0 Å². The molecule has 8 nitrogen and oxygen atoms in total. The van der Waals surface area contributed by atoms with Crippen molar-refractivity contribution in [2.75, 3.05) is 6.61 Å². The van der Waals surface area contributed by atoms with E-state index in [0.29, 0.717) is 0 Å². The number of hydrogen-bond donors (Lipinski definition) is 2. The lowest BCUT2D eigenvalue weighted by molar-refractivity contribution is -0.145. The quantitative estimate of drug-likeness (QED) is 0.544. The minimum atomic E-state index is -1.20. The van der Waals surface area contributed by atoms with Crippen molar-refractivity contribution in [1.82, 2.24) is 5.32 Å².